The maximum Gasteiger partial charge on any atom is 0.317 e. The third kappa shape index (κ3) is 4.10. The van der Waals surface area contributed by atoms with Crippen molar-refractivity contribution in [2.45, 2.75) is 46.7 Å². The average molecular weight is 321 g/mol. The molecule has 0 fully saturated rings. The molecule has 2 amide bonds. The predicted molar refractivity (Wildman–Crippen MR) is 88.2 cm³/mol. The van der Waals surface area contributed by atoms with E-state index in [9.17, 15) is 4.79 Å². The topological polar surface area (TPSA) is 58.4 Å². The van der Waals surface area contributed by atoms with Gasteiger partial charge >= 0.3 is 6.03 Å². The highest BCUT2D eigenvalue weighted by Crippen LogP contribution is 2.17. The summed E-state index contributed by atoms with van der Waals surface area (Å²) in [6, 6.07) is 4.24. The minimum Gasteiger partial charge on any atom is -0.361 e. The second kappa shape index (κ2) is 6.96. The van der Waals surface area contributed by atoms with E-state index < -0.39 is 0 Å². The zero-order valence-electron chi connectivity index (χ0n) is 13.8. The van der Waals surface area contributed by atoms with Crippen LogP contribution in [0.3, 0.4) is 0 Å². The lowest BCUT2D eigenvalue weighted by molar-refractivity contribution is 0.203. The molecule has 6 heteroatoms. The fourth-order valence-corrected chi connectivity index (χ4v) is 3.32. The number of nitrogens with zero attached hydrogens (tertiary/aromatic N) is 2. The van der Waals surface area contributed by atoms with Crippen molar-refractivity contribution < 1.29 is 9.32 Å². The van der Waals surface area contributed by atoms with Crippen LogP contribution in [0.2, 0.25) is 0 Å². The number of aromatic nitrogens is 1. The summed E-state index contributed by atoms with van der Waals surface area (Å²) < 4.78 is 5.13. The summed E-state index contributed by atoms with van der Waals surface area (Å²) in [5.41, 5.74) is 1.80. The Bertz CT molecular complexity index is 628. The Morgan fingerprint density at radius 1 is 1.41 bits per heavy atom. The first-order chi connectivity index (χ1) is 10.4. The maximum absolute atomic E-state index is 12.3. The smallest absolute Gasteiger partial charge is 0.317 e. The first-order valence-corrected chi connectivity index (χ1v) is 8.17. The lowest BCUT2D eigenvalue weighted by atomic mass is 10.2. The quantitative estimate of drug-likeness (QED) is 0.918. The van der Waals surface area contributed by atoms with Crippen LogP contribution in [-0.4, -0.2) is 29.2 Å². The molecule has 0 spiro atoms. The number of amides is 2. The third-order valence-corrected chi connectivity index (χ3v) is 4.62. The molecule has 0 saturated carbocycles. The summed E-state index contributed by atoms with van der Waals surface area (Å²) in [5, 5.41) is 6.95. The number of thiophene rings is 1. The first-order valence-electron chi connectivity index (χ1n) is 7.35. The monoisotopic (exact) mass is 321 g/mol. The van der Waals surface area contributed by atoms with Crippen molar-refractivity contribution in [3.63, 3.8) is 0 Å². The Morgan fingerprint density at radius 3 is 2.68 bits per heavy atom. The van der Waals surface area contributed by atoms with Crippen LogP contribution >= 0.6 is 11.3 Å². The van der Waals surface area contributed by atoms with E-state index in [2.05, 4.69) is 29.5 Å². The maximum atomic E-state index is 12.3. The van der Waals surface area contributed by atoms with Gasteiger partial charge in [0.05, 0.1) is 12.2 Å². The van der Waals surface area contributed by atoms with Gasteiger partial charge in [0.1, 0.15) is 5.76 Å². The van der Waals surface area contributed by atoms with Crippen LogP contribution in [0.5, 0.6) is 0 Å². The zero-order valence-corrected chi connectivity index (χ0v) is 14.6. The molecule has 1 atom stereocenters. The summed E-state index contributed by atoms with van der Waals surface area (Å²) in [6.07, 6.45) is 0.851. The molecule has 1 N–H and O–H groups in total. The van der Waals surface area contributed by atoms with E-state index in [0.717, 1.165) is 23.4 Å². The molecule has 0 aliphatic carbocycles. The van der Waals surface area contributed by atoms with Gasteiger partial charge in [0.25, 0.3) is 0 Å². The van der Waals surface area contributed by atoms with Crippen LogP contribution in [0, 0.1) is 20.8 Å². The van der Waals surface area contributed by atoms with E-state index in [1.807, 2.05) is 20.8 Å². The fraction of sp³-hybridized carbons (Fsp3) is 0.500. The number of aryl methyl sites for hydroxylation is 3. The van der Waals surface area contributed by atoms with Crippen LogP contribution in [-0.2, 0) is 13.0 Å². The molecule has 0 unspecified atom stereocenters. The van der Waals surface area contributed by atoms with Gasteiger partial charge in [-0.1, -0.05) is 5.16 Å². The molecule has 0 radical (unpaired) electrons. The van der Waals surface area contributed by atoms with Crippen molar-refractivity contribution in [2.75, 3.05) is 7.05 Å². The summed E-state index contributed by atoms with van der Waals surface area (Å²) in [5.74, 6) is 0.763. The Labute approximate surface area is 135 Å². The molecule has 5 nitrogen and oxygen atoms in total. The molecule has 0 aliphatic rings. The van der Waals surface area contributed by atoms with E-state index in [0.29, 0.717) is 6.54 Å². The predicted octanol–water partition coefficient (Wildman–Crippen LogP) is 3.43. The van der Waals surface area contributed by atoms with E-state index >= 15 is 0 Å². The molecule has 0 aromatic carbocycles. The molecular formula is C16H23N3O2S. The normalized spacial score (nSPS) is 12.2. The number of urea groups is 1. The lowest BCUT2D eigenvalue weighted by Gasteiger charge is -2.21. The summed E-state index contributed by atoms with van der Waals surface area (Å²) in [6.45, 7) is 8.37. The van der Waals surface area contributed by atoms with Crippen molar-refractivity contribution in [3.8, 4) is 0 Å². The molecular weight excluding hydrogens is 298 g/mol. The van der Waals surface area contributed by atoms with Gasteiger partial charge in [0, 0.05) is 34.8 Å². The highest BCUT2D eigenvalue weighted by molar-refractivity contribution is 7.11. The average Bonchev–Trinajstić information content (AvgIpc) is 2.98. The van der Waals surface area contributed by atoms with Crippen LogP contribution < -0.4 is 5.32 Å². The van der Waals surface area contributed by atoms with E-state index in [1.165, 1.54) is 9.75 Å². The summed E-state index contributed by atoms with van der Waals surface area (Å²) >= 11 is 1.77. The minimum atomic E-state index is -0.0826. The van der Waals surface area contributed by atoms with Gasteiger partial charge in [-0.2, -0.15) is 0 Å². The zero-order chi connectivity index (χ0) is 16.3. The molecule has 2 aromatic heterocycles. The molecule has 2 heterocycles. The van der Waals surface area contributed by atoms with Gasteiger partial charge in [-0.25, -0.2) is 4.79 Å². The Hall–Kier alpha value is -1.82. The van der Waals surface area contributed by atoms with Gasteiger partial charge in [-0.15, -0.1) is 11.3 Å². The molecule has 0 saturated heterocycles. The second-order valence-corrected chi connectivity index (χ2v) is 7.10. The lowest BCUT2D eigenvalue weighted by Crippen LogP contribution is -2.42. The standard InChI is InChI=1S/C16H23N3O2S/c1-10(8-14-7-6-11(2)22-14)17-16(20)19(5)9-15-12(3)18-21-13(15)4/h6-7,10H,8-9H2,1-5H3,(H,17,20)/t10-/m0/s1. The minimum absolute atomic E-state index is 0.0826. The molecule has 2 rings (SSSR count). The molecule has 0 bridgehead atoms. The van der Waals surface area contributed by atoms with Crippen LogP contribution in [0.25, 0.3) is 0 Å². The van der Waals surface area contributed by atoms with Crippen molar-refractivity contribution in [1.29, 1.82) is 0 Å². The largest absolute Gasteiger partial charge is 0.361 e. The van der Waals surface area contributed by atoms with Crippen molar-refractivity contribution >= 4 is 17.4 Å². The van der Waals surface area contributed by atoms with Gasteiger partial charge in [0.15, 0.2) is 0 Å². The Morgan fingerprint density at radius 2 is 2.14 bits per heavy atom. The SMILES string of the molecule is Cc1ccc(C[C@H](C)NC(=O)N(C)Cc2c(C)noc2C)s1. The van der Waals surface area contributed by atoms with Crippen LogP contribution in [0.15, 0.2) is 16.7 Å². The molecule has 120 valence electrons. The fourth-order valence-electron chi connectivity index (χ4n) is 2.31. The molecule has 0 aliphatic heterocycles. The number of nitrogens with one attached hydrogen (secondary N) is 1. The number of carbonyl (C=O) groups excluding carboxylic acids is 1. The van der Waals surface area contributed by atoms with E-state index in [4.69, 9.17) is 4.52 Å². The van der Waals surface area contributed by atoms with Crippen LogP contribution in [0.1, 0.15) is 33.7 Å². The number of rotatable bonds is 5. The number of hydrogen-bond acceptors (Lipinski definition) is 4. The van der Waals surface area contributed by atoms with E-state index in [-0.39, 0.29) is 12.1 Å². The first kappa shape index (κ1) is 16.5. The summed E-state index contributed by atoms with van der Waals surface area (Å²) in [4.78, 5) is 16.5. The van der Waals surface area contributed by atoms with Gasteiger partial charge in [0.2, 0.25) is 0 Å². The van der Waals surface area contributed by atoms with E-state index in [1.54, 1.807) is 23.3 Å². The summed E-state index contributed by atoms with van der Waals surface area (Å²) in [7, 11) is 1.78. The number of carbonyl (C=O) groups is 1. The second-order valence-electron chi connectivity index (χ2n) is 5.73. The number of hydrogen-bond donors (Lipinski definition) is 1. The molecule has 22 heavy (non-hydrogen) atoms. The highest BCUT2D eigenvalue weighted by Gasteiger charge is 2.17. The van der Waals surface area contributed by atoms with Crippen molar-refractivity contribution in [1.82, 2.24) is 15.4 Å². The third-order valence-electron chi connectivity index (χ3n) is 3.60. The van der Waals surface area contributed by atoms with Gasteiger partial charge < -0.3 is 14.7 Å². The van der Waals surface area contributed by atoms with Gasteiger partial charge in [-0.3, -0.25) is 0 Å². The van der Waals surface area contributed by atoms with Crippen molar-refractivity contribution in [3.05, 3.63) is 38.9 Å². The van der Waals surface area contributed by atoms with Crippen molar-refractivity contribution in [2.24, 2.45) is 0 Å². The van der Waals surface area contributed by atoms with Crippen LogP contribution in [0.4, 0.5) is 4.79 Å². The van der Waals surface area contributed by atoms with Gasteiger partial charge in [-0.05, 0) is 39.8 Å². The Balaban J connectivity index is 1.88. The molecule has 2 aromatic rings. The Kier molecular flexibility index (Phi) is 5.24. The highest BCUT2D eigenvalue weighted by atomic mass is 32.1.